The highest BCUT2D eigenvalue weighted by Gasteiger charge is 2.27. The van der Waals surface area contributed by atoms with Crippen molar-refractivity contribution in [1.29, 1.82) is 0 Å². The first-order valence-electron chi connectivity index (χ1n) is 6.08. The number of thioether (sulfide) groups is 1. The molecule has 0 amide bonds. The highest BCUT2D eigenvalue weighted by molar-refractivity contribution is 7.99. The minimum absolute atomic E-state index is 0.541. The summed E-state index contributed by atoms with van der Waals surface area (Å²) in [4.78, 5) is 0. The minimum Gasteiger partial charge on any atom is -0.399 e. The Hall–Kier alpha value is -1.56. The van der Waals surface area contributed by atoms with E-state index in [4.69, 9.17) is 5.73 Å². The Morgan fingerprint density at radius 3 is 2.78 bits per heavy atom. The van der Waals surface area contributed by atoms with Gasteiger partial charge in [-0.2, -0.15) is 0 Å². The normalized spacial score (nSPS) is 14.9. The van der Waals surface area contributed by atoms with Gasteiger partial charge in [-0.1, -0.05) is 23.9 Å². The molecule has 2 aromatic rings. The van der Waals surface area contributed by atoms with E-state index in [1.54, 1.807) is 11.8 Å². The number of aryl methyl sites for hydroxylation is 1. The topological polar surface area (TPSA) is 69.6 Å². The number of aromatic nitrogens is 4. The smallest absolute Gasteiger partial charge is 0.209 e. The molecule has 18 heavy (non-hydrogen) atoms. The molecule has 1 aliphatic carbocycles. The molecule has 6 heteroatoms. The third-order valence-corrected chi connectivity index (χ3v) is 3.89. The van der Waals surface area contributed by atoms with Crippen molar-refractivity contribution in [2.75, 3.05) is 11.5 Å². The van der Waals surface area contributed by atoms with Crippen LogP contribution in [0, 0.1) is 0 Å². The fraction of sp³-hybridized carbons (Fsp3) is 0.417. The van der Waals surface area contributed by atoms with Crippen LogP contribution in [0.3, 0.4) is 0 Å². The minimum atomic E-state index is 0.541. The standard InChI is InChI=1S/C12H15N5S/c13-10-3-1-9(2-4-10)7-8-18-12-14-15-16-17(12)11-5-6-11/h1-4,11H,5-8,13H2. The largest absolute Gasteiger partial charge is 0.399 e. The fourth-order valence-electron chi connectivity index (χ4n) is 1.77. The Labute approximate surface area is 110 Å². The lowest BCUT2D eigenvalue weighted by molar-refractivity contribution is 0.565. The van der Waals surface area contributed by atoms with Gasteiger partial charge in [0.05, 0.1) is 6.04 Å². The maximum absolute atomic E-state index is 5.66. The van der Waals surface area contributed by atoms with E-state index in [9.17, 15) is 0 Å². The number of nitrogens with two attached hydrogens (primary N) is 1. The summed E-state index contributed by atoms with van der Waals surface area (Å²) in [6.45, 7) is 0. The van der Waals surface area contributed by atoms with Crippen LogP contribution < -0.4 is 5.73 Å². The van der Waals surface area contributed by atoms with Crippen LogP contribution in [0.25, 0.3) is 0 Å². The first-order valence-corrected chi connectivity index (χ1v) is 7.06. The maximum Gasteiger partial charge on any atom is 0.209 e. The molecule has 2 N–H and O–H groups in total. The zero-order valence-electron chi connectivity index (χ0n) is 9.99. The fourth-order valence-corrected chi connectivity index (χ4v) is 2.71. The zero-order chi connectivity index (χ0) is 12.4. The van der Waals surface area contributed by atoms with E-state index in [0.29, 0.717) is 6.04 Å². The molecule has 0 aliphatic heterocycles. The summed E-state index contributed by atoms with van der Waals surface area (Å²) in [7, 11) is 0. The van der Waals surface area contributed by atoms with E-state index in [1.165, 1.54) is 18.4 Å². The molecule has 3 rings (SSSR count). The molecule has 0 bridgehead atoms. The molecular weight excluding hydrogens is 246 g/mol. The van der Waals surface area contributed by atoms with Crippen LogP contribution in [-0.2, 0) is 6.42 Å². The highest BCUT2D eigenvalue weighted by atomic mass is 32.2. The summed E-state index contributed by atoms with van der Waals surface area (Å²) < 4.78 is 1.95. The van der Waals surface area contributed by atoms with Gasteiger partial charge in [0.1, 0.15) is 0 Å². The van der Waals surface area contributed by atoms with Crippen molar-refractivity contribution in [1.82, 2.24) is 20.2 Å². The van der Waals surface area contributed by atoms with Gasteiger partial charge in [-0.15, -0.1) is 5.10 Å². The van der Waals surface area contributed by atoms with Crippen molar-refractivity contribution in [3.63, 3.8) is 0 Å². The molecule has 0 atom stereocenters. The van der Waals surface area contributed by atoms with Crippen LogP contribution in [0.2, 0.25) is 0 Å². The highest BCUT2D eigenvalue weighted by Crippen LogP contribution is 2.36. The molecule has 1 heterocycles. The molecule has 0 spiro atoms. The Morgan fingerprint density at radius 1 is 1.28 bits per heavy atom. The molecule has 1 fully saturated rings. The van der Waals surface area contributed by atoms with Crippen molar-refractivity contribution in [3.05, 3.63) is 29.8 Å². The molecule has 0 saturated heterocycles. The Bertz CT molecular complexity index is 518. The Morgan fingerprint density at radius 2 is 2.06 bits per heavy atom. The van der Waals surface area contributed by atoms with Gasteiger partial charge >= 0.3 is 0 Å². The van der Waals surface area contributed by atoms with Gasteiger partial charge < -0.3 is 5.73 Å². The second kappa shape index (κ2) is 4.97. The van der Waals surface area contributed by atoms with Crippen molar-refractivity contribution >= 4 is 17.4 Å². The molecule has 1 aliphatic rings. The SMILES string of the molecule is Nc1ccc(CCSc2nnnn2C2CC2)cc1. The first-order chi connectivity index (χ1) is 8.83. The van der Waals surface area contributed by atoms with Crippen molar-refractivity contribution in [2.24, 2.45) is 0 Å². The lowest BCUT2D eigenvalue weighted by atomic mass is 10.2. The predicted octanol–water partition coefficient (Wildman–Crippen LogP) is 1.93. The van der Waals surface area contributed by atoms with Gasteiger partial charge in [0, 0.05) is 11.4 Å². The van der Waals surface area contributed by atoms with Crippen LogP contribution in [0.15, 0.2) is 29.4 Å². The van der Waals surface area contributed by atoms with Gasteiger partial charge in [-0.3, -0.25) is 0 Å². The monoisotopic (exact) mass is 261 g/mol. The number of rotatable bonds is 5. The number of anilines is 1. The van der Waals surface area contributed by atoms with Crippen LogP contribution in [0.5, 0.6) is 0 Å². The zero-order valence-corrected chi connectivity index (χ0v) is 10.8. The average Bonchev–Trinajstić information content (AvgIpc) is 3.12. The second-order valence-corrected chi connectivity index (χ2v) is 5.54. The molecule has 0 radical (unpaired) electrons. The summed E-state index contributed by atoms with van der Waals surface area (Å²) in [6.07, 6.45) is 3.41. The molecule has 1 aromatic carbocycles. The summed E-state index contributed by atoms with van der Waals surface area (Å²) in [5.41, 5.74) is 7.76. The third kappa shape index (κ3) is 2.64. The molecule has 5 nitrogen and oxygen atoms in total. The lowest BCUT2D eigenvalue weighted by Gasteiger charge is -2.03. The predicted molar refractivity (Wildman–Crippen MR) is 71.4 cm³/mol. The van der Waals surface area contributed by atoms with Crippen molar-refractivity contribution in [2.45, 2.75) is 30.5 Å². The number of hydrogen-bond acceptors (Lipinski definition) is 5. The second-order valence-electron chi connectivity index (χ2n) is 4.48. The van der Waals surface area contributed by atoms with E-state index < -0.39 is 0 Å². The molecule has 1 aromatic heterocycles. The number of benzene rings is 1. The van der Waals surface area contributed by atoms with E-state index in [0.717, 1.165) is 23.0 Å². The van der Waals surface area contributed by atoms with Gasteiger partial charge in [0.15, 0.2) is 0 Å². The van der Waals surface area contributed by atoms with Gasteiger partial charge in [0.2, 0.25) is 5.16 Å². The summed E-state index contributed by atoms with van der Waals surface area (Å²) in [6, 6.07) is 8.56. The maximum atomic E-state index is 5.66. The summed E-state index contributed by atoms with van der Waals surface area (Å²) >= 11 is 1.72. The van der Waals surface area contributed by atoms with Crippen molar-refractivity contribution in [3.8, 4) is 0 Å². The van der Waals surface area contributed by atoms with E-state index in [1.807, 2.05) is 16.8 Å². The van der Waals surface area contributed by atoms with Crippen LogP contribution in [0.1, 0.15) is 24.4 Å². The average molecular weight is 261 g/mol. The van der Waals surface area contributed by atoms with Crippen LogP contribution in [0.4, 0.5) is 5.69 Å². The van der Waals surface area contributed by atoms with Crippen LogP contribution in [-0.4, -0.2) is 26.0 Å². The Kier molecular flexibility index (Phi) is 3.19. The third-order valence-electron chi connectivity index (χ3n) is 2.96. The van der Waals surface area contributed by atoms with E-state index >= 15 is 0 Å². The number of nitrogen functional groups attached to an aromatic ring is 1. The molecule has 1 saturated carbocycles. The van der Waals surface area contributed by atoms with Gasteiger partial charge in [-0.25, -0.2) is 4.68 Å². The number of nitrogens with zero attached hydrogens (tertiary/aromatic N) is 4. The molecule has 94 valence electrons. The van der Waals surface area contributed by atoms with E-state index in [-0.39, 0.29) is 0 Å². The van der Waals surface area contributed by atoms with Crippen LogP contribution >= 0.6 is 11.8 Å². The lowest BCUT2D eigenvalue weighted by Crippen LogP contribution is -1.99. The van der Waals surface area contributed by atoms with E-state index in [2.05, 4.69) is 27.7 Å². The van der Waals surface area contributed by atoms with Gasteiger partial charge in [-0.05, 0) is 47.4 Å². The van der Waals surface area contributed by atoms with Crippen molar-refractivity contribution < 1.29 is 0 Å². The number of hydrogen-bond donors (Lipinski definition) is 1. The summed E-state index contributed by atoms with van der Waals surface area (Å²) in [5.74, 6) is 0.983. The quantitative estimate of drug-likeness (QED) is 0.658. The molecule has 0 unspecified atom stereocenters. The molecular formula is C12H15N5S. The number of tetrazole rings is 1. The Balaban J connectivity index is 1.55. The first kappa shape index (κ1) is 11.5. The summed E-state index contributed by atoms with van der Waals surface area (Å²) in [5, 5.41) is 12.8. The van der Waals surface area contributed by atoms with Gasteiger partial charge in [0.25, 0.3) is 0 Å².